The molecule has 138 valence electrons. The molecule has 1 saturated heterocycles. The van der Waals surface area contributed by atoms with E-state index in [4.69, 9.17) is 5.48 Å². The summed E-state index contributed by atoms with van der Waals surface area (Å²) in [6, 6.07) is 6.58. The van der Waals surface area contributed by atoms with Crippen LogP contribution in [-0.2, 0) is 4.79 Å². The first-order valence-electron chi connectivity index (χ1n) is 10.9. The van der Waals surface area contributed by atoms with Gasteiger partial charge in [0.1, 0.15) is 5.82 Å². The predicted molar refractivity (Wildman–Crippen MR) is 108 cm³/mol. The van der Waals surface area contributed by atoms with E-state index in [1.165, 1.54) is 0 Å². The number of hydrogen-bond donors (Lipinski definition) is 1. The molecule has 0 atom stereocenters. The molecule has 0 aliphatic carbocycles. The predicted octanol–water partition coefficient (Wildman–Crippen LogP) is 2.48. The van der Waals surface area contributed by atoms with E-state index in [0.717, 1.165) is 37.0 Å². The van der Waals surface area contributed by atoms with E-state index in [0.29, 0.717) is 17.9 Å². The molecule has 3 heterocycles. The summed E-state index contributed by atoms with van der Waals surface area (Å²) < 4.78 is 31.6. The van der Waals surface area contributed by atoms with Crippen LogP contribution in [0.25, 0.3) is 21.9 Å². The zero-order valence-corrected chi connectivity index (χ0v) is 15.1. The van der Waals surface area contributed by atoms with Gasteiger partial charge in [-0.1, -0.05) is 18.2 Å². The lowest BCUT2D eigenvalue weighted by Crippen LogP contribution is -2.47. The fourth-order valence-corrected chi connectivity index (χ4v) is 3.12. The van der Waals surface area contributed by atoms with Crippen LogP contribution in [0, 0.1) is 0 Å². The van der Waals surface area contributed by atoms with Crippen LogP contribution in [0.15, 0.2) is 54.9 Å². The van der Waals surface area contributed by atoms with E-state index in [2.05, 4.69) is 32.1 Å². The molecule has 27 heavy (non-hydrogen) atoms. The molecular weight excluding hydrogens is 338 g/mol. The Labute approximate surface area is 164 Å². The van der Waals surface area contributed by atoms with Gasteiger partial charge >= 0.3 is 0 Å². The van der Waals surface area contributed by atoms with Crippen LogP contribution in [0.4, 0.5) is 5.82 Å². The van der Waals surface area contributed by atoms with Crippen LogP contribution in [0.5, 0.6) is 0 Å². The number of likely N-dealkylation sites (N-methyl/N-ethyl adjacent to an activating group) is 1. The standard InChI is InChI=1S/C21H23N5O/c1-25-7-9-26(10-8-25)15-21(27)24-20-12-19-11-16(4-5-18(19)14-23-20)17-3-2-6-22-13-17/h2-6,11-14H,7-10,15H2,1H3,(H,23,24,27)/i2D,3D,6D,13D. The van der Waals surface area contributed by atoms with Crippen LogP contribution in [0.3, 0.4) is 0 Å². The monoisotopic (exact) mass is 365 g/mol. The number of nitrogens with zero attached hydrogens (tertiary/aromatic N) is 4. The Kier molecular flexibility index (Phi) is 3.87. The summed E-state index contributed by atoms with van der Waals surface area (Å²) in [7, 11) is 2.07. The molecular formula is C21H23N5O. The number of carbonyl (C=O) groups is 1. The second-order valence-electron chi connectivity index (χ2n) is 6.72. The van der Waals surface area contributed by atoms with Crippen molar-refractivity contribution >= 4 is 22.5 Å². The van der Waals surface area contributed by atoms with Crippen molar-refractivity contribution in [2.75, 3.05) is 45.1 Å². The van der Waals surface area contributed by atoms with E-state index in [1.54, 1.807) is 24.4 Å². The second-order valence-corrected chi connectivity index (χ2v) is 6.72. The molecule has 0 radical (unpaired) electrons. The van der Waals surface area contributed by atoms with Crippen molar-refractivity contribution in [3.8, 4) is 11.1 Å². The largest absolute Gasteiger partial charge is 0.310 e. The summed E-state index contributed by atoms with van der Waals surface area (Å²) in [6.45, 7) is 3.90. The summed E-state index contributed by atoms with van der Waals surface area (Å²) in [5.41, 5.74) is 0.768. The number of hydrogen-bond acceptors (Lipinski definition) is 5. The van der Waals surface area contributed by atoms with E-state index in [1.807, 2.05) is 6.07 Å². The third-order valence-electron chi connectivity index (χ3n) is 4.71. The first-order valence-corrected chi connectivity index (χ1v) is 8.87. The van der Waals surface area contributed by atoms with Crippen molar-refractivity contribution in [3.05, 3.63) is 54.9 Å². The normalized spacial score (nSPS) is 17.8. The third-order valence-corrected chi connectivity index (χ3v) is 4.71. The maximum Gasteiger partial charge on any atom is 0.239 e. The Morgan fingerprint density at radius 2 is 2.04 bits per heavy atom. The zero-order valence-electron chi connectivity index (χ0n) is 19.1. The molecule has 1 amide bonds. The van der Waals surface area contributed by atoms with E-state index < -0.39 is 0 Å². The lowest BCUT2D eigenvalue weighted by atomic mass is 10.0. The number of anilines is 1. The minimum absolute atomic E-state index is 0.122. The minimum Gasteiger partial charge on any atom is -0.310 e. The van der Waals surface area contributed by atoms with Gasteiger partial charge in [-0.25, -0.2) is 4.98 Å². The van der Waals surface area contributed by atoms with Crippen molar-refractivity contribution in [1.29, 1.82) is 0 Å². The van der Waals surface area contributed by atoms with Crippen LogP contribution in [-0.4, -0.2) is 65.4 Å². The van der Waals surface area contributed by atoms with Crippen molar-refractivity contribution in [3.63, 3.8) is 0 Å². The number of nitrogens with one attached hydrogen (secondary N) is 1. The number of amides is 1. The van der Waals surface area contributed by atoms with Gasteiger partial charge in [-0.05, 0) is 36.2 Å². The molecule has 0 unspecified atom stereocenters. The van der Waals surface area contributed by atoms with Gasteiger partial charge in [0.05, 0.1) is 12.0 Å². The highest BCUT2D eigenvalue weighted by atomic mass is 16.2. The van der Waals surface area contributed by atoms with E-state index in [-0.39, 0.29) is 35.9 Å². The first kappa shape index (κ1) is 13.4. The Hall–Kier alpha value is -2.83. The molecule has 6 nitrogen and oxygen atoms in total. The molecule has 4 rings (SSSR count). The highest BCUT2D eigenvalue weighted by Gasteiger charge is 2.16. The van der Waals surface area contributed by atoms with Crippen molar-refractivity contribution < 1.29 is 10.3 Å². The van der Waals surface area contributed by atoms with Gasteiger partial charge in [0.2, 0.25) is 5.91 Å². The lowest BCUT2D eigenvalue weighted by Gasteiger charge is -2.31. The fraction of sp³-hybridized carbons (Fsp3) is 0.286. The quantitative estimate of drug-likeness (QED) is 0.770. The Bertz CT molecular complexity index is 1150. The van der Waals surface area contributed by atoms with Gasteiger partial charge in [0.25, 0.3) is 0 Å². The van der Waals surface area contributed by atoms with Crippen LogP contribution < -0.4 is 5.32 Å². The smallest absolute Gasteiger partial charge is 0.239 e. The molecule has 1 aliphatic rings. The SMILES string of the molecule is [2H]c1nc([2H])c(-c2ccc3cnc(NC(=O)CN4CCN(C)CC4)cc3c2)c([2H])c1[2H]. The second kappa shape index (κ2) is 7.82. The zero-order chi connectivity index (χ0) is 22.1. The van der Waals surface area contributed by atoms with Gasteiger partial charge in [-0.3, -0.25) is 14.7 Å². The van der Waals surface area contributed by atoms with Crippen molar-refractivity contribution in [2.45, 2.75) is 0 Å². The van der Waals surface area contributed by atoms with Crippen molar-refractivity contribution in [1.82, 2.24) is 19.8 Å². The molecule has 6 heteroatoms. The Balaban J connectivity index is 1.57. The van der Waals surface area contributed by atoms with Crippen molar-refractivity contribution in [2.24, 2.45) is 0 Å². The average molecular weight is 365 g/mol. The topological polar surface area (TPSA) is 61.4 Å². The maximum absolute atomic E-state index is 12.4. The molecule has 1 aromatic carbocycles. The Morgan fingerprint density at radius 3 is 2.89 bits per heavy atom. The molecule has 0 spiro atoms. The number of benzene rings is 1. The fourth-order valence-electron chi connectivity index (χ4n) is 3.12. The van der Waals surface area contributed by atoms with Crippen LogP contribution in [0.2, 0.25) is 0 Å². The Morgan fingerprint density at radius 1 is 1.19 bits per heavy atom. The lowest BCUT2D eigenvalue weighted by molar-refractivity contribution is -0.117. The summed E-state index contributed by atoms with van der Waals surface area (Å²) in [5.74, 6) is 0.310. The van der Waals surface area contributed by atoms with Gasteiger partial charge < -0.3 is 10.2 Å². The molecule has 1 aliphatic heterocycles. The van der Waals surface area contributed by atoms with E-state index >= 15 is 0 Å². The summed E-state index contributed by atoms with van der Waals surface area (Å²) in [6.07, 6.45) is 1.07. The minimum atomic E-state index is -0.380. The summed E-state index contributed by atoms with van der Waals surface area (Å²) in [5, 5.41) is 4.47. The molecule has 1 fully saturated rings. The van der Waals surface area contributed by atoms with Crippen LogP contribution >= 0.6 is 0 Å². The molecule has 2 aromatic heterocycles. The average Bonchev–Trinajstić information content (AvgIpc) is 2.73. The molecule has 0 saturated carbocycles. The molecule has 0 bridgehead atoms. The van der Waals surface area contributed by atoms with Gasteiger partial charge in [0.15, 0.2) is 0 Å². The van der Waals surface area contributed by atoms with Gasteiger partial charge in [-0.2, -0.15) is 0 Å². The molecule has 1 N–H and O–H groups in total. The highest BCUT2D eigenvalue weighted by molar-refractivity contribution is 5.94. The van der Waals surface area contributed by atoms with Gasteiger partial charge in [0, 0.05) is 55.7 Å². The number of aromatic nitrogens is 2. The van der Waals surface area contributed by atoms with E-state index in [9.17, 15) is 4.79 Å². The molecule has 3 aromatic rings. The maximum atomic E-state index is 12.4. The number of carbonyl (C=O) groups excluding carboxylic acids is 1. The van der Waals surface area contributed by atoms with Gasteiger partial charge in [-0.15, -0.1) is 0 Å². The first-order chi connectivity index (χ1) is 14.8. The number of piperazine rings is 1. The number of fused-ring (bicyclic) bond motifs is 1. The van der Waals surface area contributed by atoms with Crippen LogP contribution in [0.1, 0.15) is 5.48 Å². The number of pyridine rings is 2. The summed E-state index contributed by atoms with van der Waals surface area (Å²) in [4.78, 5) is 24.9. The number of rotatable bonds is 4. The third kappa shape index (κ3) is 4.30. The summed E-state index contributed by atoms with van der Waals surface area (Å²) >= 11 is 0. The highest BCUT2D eigenvalue weighted by Crippen LogP contribution is 2.24.